The Morgan fingerprint density at radius 1 is 0.857 bits per heavy atom. The quantitative estimate of drug-likeness (QED) is 0.443. The Morgan fingerprint density at radius 3 is 1.71 bits per heavy atom. The zero-order chi connectivity index (χ0) is 14.7. The second-order valence-electron chi connectivity index (χ2n) is 5.41. The molecule has 4 aliphatic rings. The van der Waals surface area contributed by atoms with Crippen LogP contribution in [0, 0.1) is 0 Å². The second kappa shape index (κ2) is 5.52. The van der Waals surface area contributed by atoms with E-state index in [9.17, 15) is 0 Å². The predicted molar refractivity (Wildman–Crippen MR) is 106 cm³/mol. The number of hydrogen-bond acceptors (Lipinski definition) is 3. The van der Waals surface area contributed by atoms with E-state index in [4.69, 9.17) is 0 Å². The van der Waals surface area contributed by atoms with Gasteiger partial charge in [0, 0.05) is 9.81 Å². The fraction of sp³-hybridized carbons (Fsp3) is 0.250. The zero-order valence-corrected chi connectivity index (χ0v) is 17.1. The zero-order valence-electron chi connectivity index (χ0n) is 11.4. The van der Waals surface area contributed by atoms with E-state index in [0.717, 1.165) is 0 Å². The highest BCUT2D eigenvalue weighted by Gasteiger charge is 2.36. The summed E-state index contributed by atoms with van der Waals surface area (Å²) in [6.45, 7) is 4.37. The monoisotopic (exact) mass is 458 g/mol. The molecule has 4 rings (SSSR count). The van der Waals surface area contributed by atoms with Gasteiger partial charge in [-0.05, 0) is 56.9 Å². The summed E-state index contributed by atoms with van der Waals surface area (Å²) >= 11 is 13.3. The van der Waals surface area contributed by atoms with Gasteiger partial charge in [-0.25, -0.2) is 0 Å². The first kappa shape index (κ1) is 15.0. The lowest BCUT2D eigenvalue weighted by atomic mass is 10.2. The SMILES string of the molecule is CC1=CC2SC(Br)=C(SC3=C(Br)SC4C=C(C)C=C34)C2=C1. The third-order valence-corrected chi connectivity index (χ3v) is 9.85. The van der Waals surface area contributed by atoms with Crippen LogP contribution < -0.4 is 0 Å². The summed E-state index contributed by atoms with van der Waals surface area (Å²) in [5.41, 5.74) is 5.67. The maximum atomic E-state index is 3.77. The van der Waals surface area contributed by atoms with Crippen LogP contribution in [0.1, 0.15) is 13.8 Å². The minimum absolute atomic E-state index is 0.503. The molecule has 0 aromatic rings. The van der Waals surface area contributed by atoms with E-state index < -0.39 is 0 Å². The molecule has 0 nitrogen and oxygen atoms in total. The van der Waals surface area contributed by atoms with Crippen molar-refractivity contribution in [3.63, 3.8) is 0 Å². The van der Waals surface area contributed by atoms with E-state index in [1.165, 1.54) is 39.7 Å². The molecule has 0 radical (unpaired) electrons. The molecule has 0 saturated heterocycles. The van der Waals surface area contributed by atoms with Crippen molar-refractivity contribution in [2.45, 2.75) is 24.3 Å². The molecule has 2 heterocycles. The van der Waals surface area contributed by atoms with Crippen LogP contribution in [-0.4, -0.2) is 10.5 Å². The van der Waals surface area contributed by atoms with Crippen molar-refractivity contribution in [3.05, 3.63) is 64.0 Å². The van der Waals surface area contributed by atoms with Gasteiger partial charge in [0.15, 0.2) is 0 Å². The fourth-order valence-electron chi connectivity index (χ4n) is 2.85. The highest BCUT2D eigenvalue weighted by Crippen LogP contribution is 2.59. The Balaban J connectivity index is 1.65. The Bertz CT molecular complexity index is 673. The molecule has 5 heteroatoms. The van der Waals surface area contributed by atoms with Crippen molar-refractivity contribution in [3.8, 4) is 0 Å². The van der Waals surface area contributed by atoms with Gasteiger partial charge < -0.3 is 0 Å². The summed E-state index contributed by atoms with van der Waals surface area (Å²) in [7, 11) is 0. The van der Waals surface area contributed by atoms with Crippen LogP contribution in [0.25, 0.3) is 0 Å². The van der Waals surface area contributed by atoms with Gasteiger partial charge in [0.1, 0.15) is 0 Å². The summed E-state index contributed by atoms with van der Waals surface area (Å²) in [6.07, 6.45) is 9.36. The maximum Gasteiger partial charge on any atom is 0.0655 e. The van der Waals surface area contributed by atoms with Gasteiger partial charge in [-0.3, -0.25) is 0 Å². The Morgan fingerprint density at radius 2 is 1.29 bits per heavy atom. The lowest BCUT2D eigenvalue weighted by molar-refractivity contribution is 1.36. The predicted octanol–water partition coefficient (Wildman–Crippen LogP) is 6.85. The number of halogens is 2. The van der Waals surface area contributed by atoms with Crippen molar-refractivity contribution in [1.82, 2.24) is 0 Å². The van der Waals surface area contributed by atoms with Crippen LogP contribution in [0.3, 0.4) is 0 Å². The summed E-state index contributed by atoms with van der Waals surface area (Å²) in [6, 6.07) is 0. The molecule has 2 aliphatic carbocycles. The molecule has 108 valence electrons. The molecule has 0 amide bonds. The van der Waals surface area contributed by atoms with Gasteiger partial charge in [-0.15, -0.1) is 23.5 Å². The molecule has 0 aromatic carbocycles. The molecular weight excluding hydrogens is 448 g/mol. The third kappa shape index (κ3) is 2.53. The van der Waals surface area contributed by atoms with Gasteiger partial charge in [0.25, 0.3) is 0 Å². The highest BCUT2D eigenvalue weighted by molar-refractivity contribution is 9.14. The van der Waals surface area contributed by atoms with Crippen LogP contribution in [-0.2, 0) is 0 Å². The van der Waals surface area contributed by atoms with Crippen LogP contribution in [0.15, 0.2) is 64.0 Å². The number of rotatable bonds is 2. The molecule has 0 saturated carbocycles. The van der Waals surface area contributed by atoms with E-state index in [1.54, 1.807) is 0 Å². The number of thioether (sulfide) groups is 3. The van der Waals surface area contributed by atoms with Gasteiger partial charge >= 0.3 is 0 Å². The van der Waals surface area contributed by atoms with Crippen LogP contribution in [0.5, 0.6) is 0 Å². The molecule has 0 spiro atoms. The molecule has 0 bridgehead atoms. The Labute approximate surface area is 154 Å². The van der Waals surface area contributed by atoms with Crippen molar-refractivity contribution >= 4 is 67.1 Å². The molecule has 0 N–H and O–H groups in total. The second-order valence-corrected chi connectivity index (χ2v) is 11.4. The van der Waals surface area contributed by atoms with E-state index in [-0.39, 0.29) is 0 Å². The number of allylic oxidation sites excluding steroid dienone is 6. The van der Waals surface area contributed by atoms with E-state index >= 15 is 0 Å². The summed E-state index contributed by atoms with van der Waals surface area (Å²) < 4.78 is 2.55. The molecule has 0 aromatic heterocycles. The summed E-state index contributed by atoms with van der Waals surface area (Å²) in [5, 5.41) is 1.01. The molecular formula is C16H12Br2S3. The molecule has 2 unspecified atom stereocenters. The third-order valence-electron chi connectivity index (χ3n) is 3.75. The lowest BCUT2D eigenvalue weighted by Gasteiger charge is -2.09. The number of hydrogen-bond donors (Lipinski definition) is 0. The summed E-state index contributed by atoms with van der Waals surface area (Å²) in [5.74, 6) is 0. The average Bonchev–Trinajstić information content (AvgIpc) is 3.06. The Hall–Kier alpha value is 0.450. The fourth-order valence-corrected chi connectivity index (χ4v) is 8.75. The number of fused-ring (bicyclic) bond motifs is 2. The molecule has 21 heavy (non-hydrogen) atoms. The van der Waals surface area contributed by atoms with Gasteiger partial charge in [-0.2, -0.15) is 0 Å². The van der Waals surface area contributed by atoms with Gasteiger partial charge in [0.05, 0.1) is 18.1 Å². The highest BCUT2D eigenvalue weighted by atomic mass is 79.9. The summed E-state index contributed by atoms with van der Waals surface area (Å²) in [4.78, 5) is 2.77. The minimum Gasteiger partial charge on any atom is -0.105 e. The lowest BCUT2D eigenvalue weighted by Crippen LogP contribution is -1.96. The normalized spacial score (nSPS) is 30.5. The van der Waals surface area contributed by atoms with Crippen LogP contribution in [0.4, 0.5) is 0 Å². The first-order chi connectivity index (χ1) is 10.0. The molecule has 0 fully saturated rings. The first-order valence-corrected chi connectivity index (χ1v) is 10.8. The van der Waals surface area contributed by atoms with E-state index in [2.05, 4.69) is 70.0 Å². The maximum absolute atomic E-state index is 3.77. The largest absolute Gasteiger partial charge is 0.105 e. The van der Waals surface area contributed by atoms with Gasteiger partial charge in [-0.1, -0.05) is 47.2 Å². The molecule has 2 aliphatic heterocycles. The topological polar surface area (TPSA) is 0 Å². The van der Waals surface area contributed by atoms with Crippen LogP contribution in [0.2, 0.25) is 0 Å². The van der Waals surface area contributed by atoms with Crippen molar-refractivity contribution < 1.29 is 0 Å². The van der Waals surface area contributed by atoms with Crippen molar-refractivity contribution in [2.24, 2.45) is 0 Å². The first-order valence-electron chi connectivity index (χ1n) is 6.64. The van der Waals surface area contributed by atoms with E-state index in [0.29, 0.717) is 10.5 Å². The van der Waals surface area contributed by atoms with E-state index in [1.807, 2.05) is 35.3 Å². The smallest absolute Gasteiger partial charge is 0.0655 e. The standard InChI is InChI=1S/C16H12Br2S3/c1-7-3-9-11(5-7)19-15(17)13(9)21-14-10-4-8(2)6-12(10)20-16(14)18/h3-6,11-12H,1-2H3. The van der Waals surface area contributed by atoms with Gasteiger partial charge in [0.2, 0.25) is 0 Å². The van der Waals surface area contributed by atoms with Crippen molar-refractivity contribution in [2.75, 3.05) is 0 Å². The molecule has 2 atom stereocenters. The van der Waals surface area contributed by atoms with Crippen molar-refractivity contribution in [1.29, 1.82) is 0 Å². The average molecular weight is 460 g/mol. The Kier molecular flexibility index (Phi) is 3.94. The minimum atomic E-state index is 0.503. The van der Waals surface area contributed by atoms with Crippen LogP contribution >= 0.6 is 67.1 Å².